The molecule has 0 bridgehead atoms. The van der Waals surface area contributed by atoms with Gasteiger partial charge >= 0.3 is 0 Å². The summed E-state index contributed by atoms with van der Waals surface area (Å²) in [5, 5.41) is 23.9. The number of benzene rings is 3. The van der Waals surface area contributed by atoms with E-state index < -0.39 is 6.04 Å². The Kier molecular flexibility index (Phi) is 7.69. The first-order chi connectivity index (χ1) is 16.4. The van der Waals surface area contributed by atoms with Gasteiger partial charge in [-0.3, -0.25) is 9.79 Å². The van der Waals surface area contributed by atoms with Crippen LogP contribution in [0.15, 0.2) is 71.7 Å². The summed E-state index contributed by atoms with van der Waals surface area (Å²) in [6.45, 7) is 12.6. The zero-order chi connectivity index (χ0) is 25.8. The number of amides is 1. The van der Waals surface area contributed by atoms with Crippen molar-refractivity contribution in [1.29, 1.82) is 0 Å². The van der Waals surface area contributed by atoms with E-state index in [-0.39, 0.29) is 34.7 Å². The minimum atomic E-state index is -0.460. The lowest BCUT2D eigenvalue weighted by atomic mass is 9.79. The van der Waals surface area contributed by atoms with E-state index >= 15 is 0 Å². The number of aliphatic imine (C=N–C) groups is 1. The monoisotopic (exact) mass is 472 g/mol. The van der Waals surface area contributed by atoms with E-state index in [2.05, 4.69) is 52.9 Å². The highest BCUT2D eigenvalue weighted by atomic mass is 16.3. The third-order valence-electron chi connectivity index (χ3n) is 5.95. The first-order valence-electron chi connectivity index (χ1n) is 11.9. The second-order valence-electron chi connectivity index (χ2n) is 10.9. The normalized spacial score (nSPS) is 13.1. The molecule has 35 heavy (non-hydrogen) atoms. The van der Waals surface area contributed by atoms with E-state index in [1.54, 1.807) is 24.4 Å². The summed E-state index contributed by atoms with van der Waals surface area (Å²) in [5.74, 6) is -0.0421. The van der Waals surface area contributed by atoms with Gasteiger partial charge in [0.1, 0.15) is 11.5 Å². The molecular weight excluding hydrogens is 436 g/mol. The first kappa shape index (κ1) is 26.0. The topological polar surface area (TPSA) is 81.9 Å². The van der Waals surface area contributed by atoms with Crippen molar-refractivity contribution >= 4 is 17.8 Å². The molecule has 0 unspecified atom stereocenters. The van der Waals surface area contributed by atoms with Gasteiger partial charge in [-0.1, -0.05) is 90.1 Å². The second-order valence-corrected chi connectivity index (χ2v) is 10.9. The van der Waals surface area contributed by atoms with Crippen LogP contribution < -0.4 is 5.32 Å². The third kappa shape index (κ3) is 6.72. The van der Waals surface area contributed by atoms with E-state index in [1.165, 1.54) is 6.07 Å². The number of hydrogen-bond donors (Lipinski definition) is 3. The van der Waals surface area contributed by atoms with Crippen molar-refractivity contribution in [2.45, 2.75) is 64.8 Å². The Morgan fingerprint density at radius 1 is 0.914 bits per heavy atom. The fourth-order valence-electron chi connectivity index (χ4n) is 3.82. The summed E-state index contributed by atoms with van der Waals surface area (Å²) < 4.78 is 0. The molecule has 0 fully saturated rings. The molecule has 0 aliphatic rings. The third-order valence-corrected chi connectivity index (χ3v) is 5.95. The molecule has 0 spiro atoms. The van der Waals surface area contributed by atoms with Crippen molar-refractivity contribution in [3.63, 3.8) is 0 Å². The number of aromatic hydroxyl groups is 2. The number of carbonyl (C=O) groups excluding carboxylic acids is 1. The van der Waals surface area contributed by atoms with Gasteiger partial charge in [0.15, 0.2) is 0 Å². The molecule has 5 nitrogen and oxygen atoms in total. The average molecular weight is 473 g/mol. The van der Waals surface area contributed by atoms with Gasteiger partial charge in [0.25, 0.3) is 0 Å². The number of anilines is 1. The molecule has 1 amide bonds. The number of nitrogens with one attached hydrogen (secondary N) is 1. The van der Waals surface area contributed by atoms with E-state index in [0.717, 1.165) is 16.7 Å². The SMILES string of the molecule is CC(C)(C)c1cc(C=N[C@H](CC(=O)Nc2ccccc2O)c2ccccc2)c(O)c(C(C)(C)C)c1. The van der Waals surface area contributed by atoms with Crippen LogP contribution in [-0.4, -0.2) is 22.3 Å². The van der Waals surface area contributed by atoms with Crippen LogP contribution in [0.1, 0.15) is 76.3 Å². The second kappa shape index (κ2) is 10.3. The molecule has 0 saturated heterocycles. The Labute approximate surface area is 208 Å². The molecule has 3 aromatic carbocycles. The molecule has 3 N–H and O–H groups in total. The predicted molar refractivity (Wildman–Crippen MR) is 144 cm³/mol. The quantitative estimate of drug-likeness (QED) is 0.270. The zero-order valence-corrected chi connectivity index (χ0v) is 21.5. The van der Waals surface area contributed by atoms with Crippen LogP contribution in [0, 0.1) is 0 Å². The van der Waals surface area contributed by atoms with Gasteiger partial charge in [-0.25, -0.2) is 0 Å². The molecule has 0 heterocycles. The van der Waals surface area contributed by atoms with Crippen molar-refractivity contribution in [3.8, 4) is 11.5 Å². The van der Waals surface area contributed by atoms with E-state index in [9.17, 15) is 15.0 Å². The predicted octanol–water partition coefficient (Wildman–Crippen LogP) is 6.88. The standard InChI is InChI=1S/C30H36N2O3/c1-29(2,3)22-16-21(28(35)23(17-22)30(4,5)6)19-31-25(20-12-8-7-9-13-20)18-27(34)32-24-14-10-11-15-26(24)33/h7-17,19,25,33,35H,18H2,1-6H3,(H,32,34)/t25-/m1/s1. The van der Waals surface area contributed by atoms with Gasteiger partial charge in [-0.05, 0) is 40.2 Å². The molecule has 0 aliphatic carbocycles. The minimum Gasteiger partial charge on any atom is -0.507 e. The molecule has 3 aromatic rings. The highest BCUT2D eigenvalue weighted by molar-refractivity contribution is 5.93. The number of phenols is 2. The molecular formula is C30H36N2O3. The number of carbonyl (C=O) groups is 1. The van der Waals surface area contributed by atoms with E-state index in [0.29, 0.717) is 11.3 Å². The van der Waals surface area contributed by atoms with Crippen molar-refractivity contribution < 1.29 is 15.0 Å². The Bertz CT molecular complexity index is 1200. The summed E-state index contributed by atoms with van der Waals surface area (Å²) in [6.07, 6.45) is 1.76. The molecule has 0 aromatic heterocycles. The van der Waals surface area contributed by atoms with Crippen molar-refractivity contribution in [2.24, 2.45) is 4.99 Å². The largest absolute Gasteiger partial charge is 0.507 e. The summed E-state index contributed by atoms with van der Waals surface area (Å²) >= 11 is 0. The minimum absolute atomic E-state index is 0.0132. The average Bonchev–Trinajstić information content (AvgIpc) is 2.78. The fraction of sp³-hybridized carbons (Fsp3) is 0.333. The van der Waals surface area contributed by atoms with Crippen molar-refractivity contribution in [1.82, 2.24) is 0 Å². The number of hydrogen-bond acceptors (Lipinski definition) is 4. The smallest absolute Gasteiger partial charge is 0.226 e. The summed E-state index contributed by atoms with van der Waals surface area (Å²) in [5.41, 5.74) is 3.49. The molecule has 184 valence electrons. The lowest BCUT2D eigenvalue weighted by Crippen LogP contribution is -2.17. The maximum Gasteiger partial charge on any atom is 0.226 e. The number of phenolic OH excluding ortho intramolecular Hbond substituents is 2. The van der Waals surface area contributed by atoms with Crippen LogP contribution >= 0.6 is 0 Å². The molecule has 1 atom stereocenters. The van der Waals surface area contributed by atoms with Crippen LogP contribution in [-0.2, 0) is 15.6 Å². The lowest BCUT2D eigenvalue weighted by Gasteiger charge is -2.27. The zero-order valence-electron chi connectivity index (χ0n) is 21.5. The summed E-state index contributed by atoms with van der Waals surface area (Å²) in [6, 6.07) is 19.8. The van der Waals surface area contributed by atoms with Gasteiger partial charge in [0.2, 0.25) is 5.91 Å². The van der Waals surface area contributed by atoms with Gasteiger partial charge in [-0.2, -0.15) is 0 Å². The number of nitrogens with zero attached hydrogens (tertiary/aromatic N) is 1. The first-order valence-corrected chi connectivity index (χ1v) is 11.9. The Hall–Kier alpha value is -3.60. The molecule has 0 saturated carbocycles. The van der Waals surface area contributed by atoms with Crippen LogP contribution in [0.3, 0.4) is 0 Å². The van der Waals surface area contributed by atoms with Crippen molar-refractivity contribution in [2.75, 3.05) is 5.32 Å². The molecule has 0 aliphatic heterocycles. The summed E-state index contributed by atoms with van der Waals surface area (Å²) in [7, 11) is 0. The van der Waals surface area contributed by atoms with Gasteiger partial charge < -0.3 is 15.5 Å². The van der Waals surface area contributed by atoms with Gasteiger partial charge in [0.05, 0.1) is 18.2 Å². The highest BCUT2D eigenvalue weighted by Crippen LogP contribution is 2.37. The molecule has 5 heteroatoms. The van der Waals surface area contributed by atoms with Gasteiger partial charge in [-0.15, -0.1) is 0 Å². The molecule has 3 rings (SSSR count). The molecule has 0 radical (unpaired) electrons. The van der Waals surface area contributed by atoms with Crippen LogP contribution in [0.2, 0.25) is 0 Å². The van der Waals surface area contributed by atoms with E-state index in [4.69, 9.17) is 4.99 Å². The van der Waals surface area contributed by atoms with Crippen LogP contribution in [0.25, 0.3) is 0 Å². The Balaban J connectivity index is 1.97. The number of rotatable bonds is 6. The fourth-order valence-corrected chi connectivity index (χ4v) is 3.82. The summed E-state index contributed by atoms with van der Waals surface area (Å²) in [4.78, 5) is 17.6. The lowest BCUT2D eigenvalue weighted by molar-refractivity contribution is -0.116. The Morgan fingerprint density at radius 3 is 2.14 bits per heavy atom. The number of para-hydroxylation sites is 2. The maximum atomic E-state index is 12.9. The van der Waals surface area contributed by atoms with Crippen molar-refractivity contribution in [3.05, 3.63) is 89.0 Å². The maximum absolute atomic E-state index is 12.9. The Morgan fingerprint density at radius 2 is 1.54 bits per heavy atom. The van der Waals surface area contributed by atoms with Gasteiger partial charge in [0, 0.05) is 17.3 Å². The highest BCUT2D eigenvalue weighted by Gasteiger charge is 2.25. The van der Waals surface area contributed by atoms with E-state index in [1.807, 2.05) is 36.4 Å². The van der Waals surface area contributed by atoms with Crippen LogP contribution in [0.5, 0.6) is 11.5 Å². The van der Waals surface area contributed by atoms with Crippen LogP contribution in [0.4, 0.5) is 5.69 Å².